The van der Waals surface area contributed by atoms with E-state index < -0.39 is 0 Å². The zero-order chi connectivity index (χ0) is 12.8. The molecule has 0 saturated carbocycles. The average Bonchev–Trinajstić information content (AvgIpc) is 2.26. The summed E-state index contributed by atoms with van der Waals surface area (Å²) in [5, 5.41) is 7.28. The van der Waals surface area contributed by atoms with Crippen LogP contribution in [0.4, 0.5) is 0 Å². The Morgan fingerprint density at radius 2 is 1.94 bits per heavy atom. The summed E-state index contributed by atoms with van der Waals surface area (Å²) in [5.74, 6) is 0.256. The number of nitrogens with one attached hydrogen (secondary N) is 1. The summed E-state index contributed by atoms with van der Waals surface area (Å²) < 4.78 is 1.10. The monoisotopic (exact) mass is 297 g/mol. The Labute approximate surface area is 112 Å². The van der Waals surface area contributed by atoms with Crippen molar-refractivity contribution in [2.75, 3.05) is 6.54 Å². The fraction of sp³-hybridized carbons (Fsp3) is 0.462. The first-order valence-electron chi connectivity index (χ1n) is 5.80. The highest BCUT2D eigenvalue weighted by Gasteiger charge is 2.10. The first-order chi connectivity index (χ1) is 7.99. The maximum atomic E-state index is 7.28. The third-order valence-electron chi connectivity index (χ3n) is 2.70. The summed E-state index contributed by atoms with van der Waals surface area (Å²) in [6.45, 7) is 6.07. The van der Waals surface area contributed by atoms with Gasteiger partial charge in [-0.2, -0.15) is 0 Å². The van der Waals surface area contributed by atoms with Gasteiger partial charge in [-0.25, -0.2) is 0 Å². The average molecular weight is 298 g/mol. The molecule has 94 valence electrons. The number of nitrogens with zero attached hydrogens (tertiary/aromatic N) is 1. The standard InChI is InChI=1S/C13H20BrN3/c1-10(2)17(8-7-13(15)16)9-11-3-5-12(14)6-4-11/h3-6,10H,7-9H2,1-2H3,(H3,15,16). The van der Waals surface area contributed by atoms with Gasteiger partial charge in [-0.1, -0.05) is 28.1 Å². The molecule has 0 saturated heterocycles. The molecular formula is C13H20BrN3. The maximum Gasteiger partial charge on any atom is 0.0918 e. The Balaban J connectivity index is 2.60. The Hall–Kier alpha value is -0.870. The van der Waals surface area contributed by atoms with E-state index in [1.165, 1.54) is 5.56 Å². The number of rotatable bonds is 6. The molecule has 0 bridgehead atoms. The quantitative estimate of drug-likeness (QED) is 0.626. The lowest BCUT2D eigenvalue weighted by Gasteiger charge is -2.26. The van der Waals surface area contributed by atoms with Crippen molar-refractivity contribution in [1.82, 2.24) is 4.90 Å². The number of hydrogen-bond acceptors (Lipinski definition) is 2. The molecular weight excluding hydrogens is 278 g/mol. The van der Waals surface area contributed by atoms with Crippen molar-refractivity contribution >= 4 is 21.8 Å². The topological polar surface area (TPSA) is 53.1 Å². The van der Waals surface area contributed by atoms with Crippen molar-refractivity contribution in [2.24, 2.45) is 5.73 Å². The summed E-state index contributed by atoms with van der Waals surface area (Å²) >= 11 is 3.43. The van der Waals surface area contributed by atoms with E-state index in [0.29, 0.717) is 12.5 Å². The smallest absolute Gasteiger partial charge is 0.0918 e. The van der Waals surface area contributed by atoms with Crippen LogP contribution in [0.25, 0.3) is 0 Å². The summed E-state index contributed by atoms with van der Waals surface area (Å²) in [6, 6.07) is 8.80. The van der Waals surface area contributed by atoms with Gasteiger partial charge in [0.05, 0.1) is 5.84 Å². The Morgan fingerprint density at radius 3 is 2.41 bits per heavy atom. The van der Waals surface area contributed by atoms with Crippen LogP contribution in [-0.2, 0) is 6.54 Å². The Morgan fingerprint density at radius 1 is 1.35 bits per heavy atom. The molecule has 1 rings (SSSR count). The number of hydrogen-bond donors (Lipinski definition) is 2. The zero-order valence-corrected chi connectivity index (χ0v) is 12.0. The largest absolute Gasteiger partial charge is 0.388 e. The lowest BCUT2D eigenvalue weighted by Crippen LogP contribution is -2.33. The van der Waals surface area contributed by atoms with Gasteiger partial charge < -0.3 is 5.73 Å². The van der Waals surface area contributed by atoms with E-state index >= 15 is 0 Å². The van der Waals surface area contributed by atoms with Crippen molar-refractivity contribution in [3.63, 3.8) is 0 Å². The van der Waals surface area contributed by atoms with Gasteiger partial charge in [0.25, 0.3) is 0 Å². The van der Waals surface area contributed by atoms with Crippen LogP contribution in [0.1, 0.15) is 25.8 Å². The third kappa shape index (κ3) is 5.33. The lowest BCUT2D eigenvalue weighted by molar-refractivity contribution is 0.219. The van der Waals surface area contributed by atoms with E-state index in [9.17, 15) is 0 Å². The molecule has 0 spiro atoms. The maximum absolute atomic E-state index is 7.28. The highest BCUT2D eigenvalue weighted by molar-refractivity contribution is 9.10. The SMILES string of the molecule is CC(C)N(CCC(=N)N)Cc1ccc(Br)cc1. The Bertz CT molecular complexity index is 359. The number of benzene rings is 1. The van der Waals surface area contributed by atoms with Crippen molar-refractivity contribution in [3.8, 4) is 0 Å². The molecule has 3 N–H and O–H groups in total. The normalized spacial score (nSPS) is 11.1. The fourth-order valence-electron chi connectivity index (χ4n) is 1.61. The van der Waals surface area contributed by atoms with Crippen LogP contribution in [0.15, 0.2) is 28.7 Å². The zero-order valence-electron chi connectivity index (χ0n) is 10.4. The van der Waals surface area contributed by atoms with E-state index in [1.807, 2.05) is 0 Å². The van der Waals surface area contributed by atoms with Crippen LogP contribution in [0, 0.1) is 5.41 Å². The Kier molecular flexibility index (Phi) is 5.65. The summed E-state index contributed by atoms with van der Waals surface area (Å²) in [7, 11) is 0. The van der Waals surface area contributed by atoms with Crippen LogP contribution in [0.2, 0.25) is 0 Å². The number of nitrogens with two attached hydrogens (primary N) is 1. The van der Waals surface area contributed by atoms with Crippen molar-refractivity contribution in [3.05, 3.63) is 34.3 Å². The molecule has 3 nitrogen and oxygen atoms in total. The van der Waals surface area contributed by atoms with Gasteiger partial charge in [0, 0.05) is 30.0 Å². The molecule has 0 amide bonds. The molecule has 1 aromatic rings. The summed E-state index contributed by atoms with van der Waals surface area (Å²) in [5.41, 5.74) is 6.69. The minimum Gasteiger partial charge on any atom is -0.388 e. The first-order valence-corrected chi connectivity index (χ1v) is 6.59. The van der Waals surface area contributed by atoms with Crippen LogP contribution < -0.4 is 5.73 Å². The molecule has 0 aliphatic rings. The molecule has 0 heterocycles. The van der Waals surface area contributed by atoms with Crippen LogP contribution in [0.3, 0.4) is 0 Å². The second-order valence-corrected chi connectivity index (χ2v) is 5.38. The predicted molar refractivity (Wildman–Crippen MR) is 76.2 cm³/mol. The molecule has 17 heavy (non-hydrogen) atoms. The van der Waals surface area contributed by atoms with Crippen molar-refractivity contribution < 1.29 is 0 Å². The lowest BCUT2D eigenvalue weighted by atomic mass is 10.2. The van der Waals surface area contributed by atoms with E-state index in [0.717, 1.165) is 17.6 Å². The van der Waals surface area contributed by atoms with Gasteiger partial charge >= 0.3 is 0 Å². The van der Waals surface area contributed by atoms with Crippen molar-refractivity contribution in [2.45, 2.75) is 32.9 Å². The van der Waals surface area contributed by atoms with Crippen molar-refractivity contribution in [1.29, 1.82) is 5.41 Å². The molecule has 4 heteroatoms. The van der Waals surface area contributed by atoms with Crippen LogP contribution in [0.5, 0.6) is 0 Å². The van der Waals surface area contributed by atoms with E-state index in [1.54, 1.807) is 0 Å². The number of amidine groups is 1. The second-order valence-electron chi connectivity index (χ2n) is 4.47. The fourth-order valence-corrected chi connectivity index (χ4v) is 1.87. The predicted octanol–water partition coefficient (Wildman–Crippen LogP) is 2.99. The molecule has 0 radical (unpaired) electrons. The van der Waals surface area contributed by atoms with E-state index in [2.05, 4.69) is 58.9 Å². The van der Waals surface area contributed by atoms with Crippen LogP contribution >= 0.6 is 15.9 Å². The second kappa shape index (κ2) is 6.77. The van der Waals surface area contributed by atoms with Gasteiger partial charge in [0.1, 0.15) is 0 Å². The van der Waals surface area contributed by atoms with E-state index in [-0.39, 0.29) is 5.84 Å². The molecule has 0 aliphatic carbocycles. The van der Waals surface area contributed by atoms with Crippen LogP contribution in [-0.4, -0.2) is 23.3 Å². The number of halogens is 1. The molecule has 1 aromatic carbocycles. The van der Waals surface area contributed by atoms with Gasteiger partial charge in [-0.3, -0.25) is 10.3 Å². The minimum atomic E-state index is 0.256. The minimum absolute atomic E-state index is 0.256. The van der Waals surface area contributed by atoms with Gasteiger partial charge in [0.2, 0.25) is 0 Å². The first kappa shape index (κ1) is 14.2. The van der Waals surface area contributed by atoms with Gasteiger partial charge in [0.15, 0.2) is 0 Å². The van der Waals surface area contributed by atoms with Gasteiger partial charge in [-0.15, -0.1) is 0 Å². The molecule has 0 fully saturated rings. The molecule has 0 aliphatic heterocycles. The van der Waals surface area contributed by atoms with Gasteiger partial charge in [-0.05, 0) is 31.5 Å². The highest BCUT2D eigenvalue weighted by Crippen LogP contribution is 2.13. The molecule has 0 atom stereocenters. The summed E-state index contributed by atoms with van der Waals surface area (Å²) in [6.07, 6.45) is 0.634. The third-order valence-corrected chi connectivity index (χ3v) is 3.23. The summed E-state index contributed by atoms with van der Waals surface area (Å²) in [4.78, 5) is 2.32. The highest BCUT2D eigenvalue weighted by atomic mass is 79.9. The van der Waals surface area contributed by atoms with E-state index in [4.69, 9.17) is 11.1 Å². The molecule has 0 aromatic heterocycles. The molecule has 0 unspecified atom stereocenters.